The van der Waals surface area contributed by atoms with Gasteiger partial charge in [0.25, 0.3) is 0 Å². The maximum absolute atomic E-state index is 12.2. The molecule has 2 unspecified atom stereocenters. The van der Waals surface area contributed by atoms with Crippen LogP contribution >= 0.6 is 11.9 Å². The first-order chi connectivity index (χ1) is 10.1. The number of primary amides is 1. The lowest BCUT2D eigenvalue weighted by Crippen LogP contribution is -2.43. The van der Waals surface area contributed by atoms with Gasteiger partial charge >= 0.3 is 0 Å². The normalized spacial score (nSPS) is 31.2. The predicted octanol–water partition coefficient (Wildman–Crippen LogP) is 1.11. The van der Waals surface area contributed by atoms with Crippen molar-refractivity contribution in [2.75, 3.05) is 6.54 Å². The fourth-order valence-corrected chi connectivity index (χ4v) is 4.83. The van der Waals surface area contributed by atoms with E-state index in [9.17, 15) is 9.59 Å². The number of allylic oxidation sites excluding steroid dienone is 4. The summed E-state index contributed by atoms with van der Waals surface area (Å²) in [5.41, 5.74) is 10.2. The van der Waals surface area contributed by atoms with Crippen molar-refractivity contribution in [1.29, 1.82) is 0 Å². The van der Waals surface area contributed by atoms with Gasteiger partial charge in [0.05, 0.1) is 5.92 Å². The summed E-state index contributed by atoms with van der Waals surface area (Å²) < 4.78 is 3.18. The first-order valence-corrected chi connectivity index (χ1v) is 8.12. The molecule has 4 aliphatic rings. The summed E-state index contributed by atoms with van der Waals surface area (Å²) in [6.07, 6.45) is 5.79. The molecule has 4 N–H and O–H groups in total. The average Bonchev–Trinajstić information content (AvgIpc) is 3.00. The third-order valence-electron chi connectivity index (χ3n) is 4.76. The lowest BCUT2D eigenvalue weighted by Gasteiger charge is -2.30. The van der Waals surface area contributed by atoms with E-state index < -0.39 is 0 Å². The van der Waals surface area contributed by atoms with E-state index >= 15 is 0 Å². The minimum Gasteiger partial charge on any atom is -0.369 e. The second kappa shape index (κ2) is 4.74. The van der Waals surface area contributed by atoms with Crippen molar-refractivity contribution in [3.63, 3.8) is 0 Å². The highest BCUT2D eigenvalue weighted by molar-refractivity contribution is 8.01. The van der Waals surface area contributed by atoms with E-state index in [-0.39, 0.29) is 23.7 Å². The van der Waals surface area contributed by atoms with Crippen molar-refractivity contribution in [3.05, 3.63) is 33.4 Å². The molecule has 0 aromatic carbocycles. The van der Waals surface area contributed by atoms with Crippen LogP contribution in [0.15, 0.2) is 33.4 Å². The molecule has 0 bridgehead atoms. The molecule has 0 radical (unpaired) electrons. The summed E-state index contributed by atoms with van der Waals surface area (Å²) in [7, 11) is 0. The summed E-state index contributed by atoms with van der Waals surface area (Å²) in [6, 6.07) is 0. The molecule has 21 heavy (non-hydrogen) atoms. The van der Waals surface area contributed by atoms with Gasteiger partial charge in [-0.25, -0.2) is 0 Å². The van der Waals surface area contributed by atoms with E-state index in [0.717, 1.165) is 35.4 Å². The zero-order valence-corrected chi connectivity index (χ0v) is 12.4. The highest BCUT2D eigenvalue weighted by Gasteiger charge is 2.43. The third kappa shape index (κ3) is 1.97. The fraction of sp³-hybridized carbons (Fsp3) is 0.467. The Balaban J connectivity index is 1.83. The van der Waals surface area contributed by atoms with Crippen LogP contribution < -0.4 is 15.8 Å². The number of hydrogen-bond donors (Lipinski definition) is 3. The molecule has 2 heterocycles. The highest BCUT2D eigenvalue weighted by Crippen LogP contribution is 2.48. The Morgan fingerprint density at radius 1 is 1.38 bits per heavy atom. The van der Waals surface area contributed by atoms with E-state index in [1.807, 2.05) is 0 Å². The summed E-state index contributed by atoms with van der Waals surface area (Å²) in [6.45, 7) is 0.542. The molecule has 5 nitrogen and oxygen atoms in total. The van der Waals surface area contributed by atoms with Crippen LogP contribution in [-0.2, 0) is 9.59 Å². The van der Waals surface area contributed by atoms with E-state index in [4.69, 9.17) is 5.73 Å². The van der Waals surface area contributed by atoms with Crippen LogP contribution in [0.5, 0.6) is 0 Å². The Bertz CT molecular complexity index is 647. The number of carbonyl (C=O) groups excluding carboxylic acids is 2. The quantitative estimate of drug-likeness (QED) is 0.634. The van der Waals surface area contributed by atoms with Crippen molar-refractivity contribution in [3.8, 4) is 0 Å². The molecule has 0 aromatic heterocycles. The first-order valence-electron chi connectivity index (χ1n) is 7.31. The van der Waals surface area contributed by atoms with Gasteiger partial charge in [-0.1, -0.05) is 5.57 Å². The van der Waals surface area contributed by atoms with Gasteiger partial charge in [-0.3, -0.25) is 14.3 Å². The molecular formula is C15H17N3O2S. The smallest absolute Gasteiger partial charge is 0.228 e. The van der Waals surface area contributed by atoms with Crippen LogP contribution in [0.3, 0.4) is 0 Å². The molecular weight excluding hydrogens is 286 g/mol. The van der Waals surface area contributed by atoms with E-state index in [1.165, 1.54) is 11.1 Å². The fourth-order valence-electron chi connectivity index (χ4n) is 3.82. The molecule has 1 saturated heterocycles. The van der Waals surface area contributed by atoms with E-state index in [0.29, 0.717) is 13.0 Å². The van der Waals surface area contributed by atoms with Crippen molar-refractivity contribution >= 4 is 23.8 Å². The minimum atomic E-state index is -0.313. The highest BCUT2D eigenvalue weighted by atomic mass is 32.2. The Morgan fingerprint density at radius 3 is 3.05 bits per heavy atom. The van der Waals surface area contributed by atoms with Gasteiger partial charge in [-0.2, -0.15) is 0 Å². The SMILES string of the molecule is NC(=O)C1CNSC2=CC3=C(NC(=O)CC4=C3CCC4)C21. The number of nitrogens with one attached hydrogen (secondary N) is 2. The zero-order valence-electron chi connectivity index (χ0n) is 11.6. The Hall–Kier alpha value is -1.53. The average molecular weight is 303 g/mol. The summed E-state index contributed by atoms with van der Waals surface area (Å²) >= 11 is 1.55. The molecule has 0 spiro atoms. The van der Waals surface area contributed by atoms with Gasteiger partial charge < -0.3 is 11.1 Å². The van der Waals surface area contributed by atoms with Crippen LogP contribution in [-0.4, -0.2) is 18.4 Å². The van der Waals surface area contributed by atoms with Crippen LogP contribution in [0.1, 0.15) is 25.7 Å². The maximum atomic E-state index is 12.2. The third-order valence-corrected chi connectivity index (χ3v) is 5.68. The molecule has 6 heteroatoms. The molecule has 110 valence electrons. The molecule has 2 atom stereocenters. The zero-order chi connectivity index (χ0) is 14.6. The maximum Gasteiger partial charge on any atom is 0.228 e. The lowest BCUT2D eigenvalue weighted by molar-refractivity contribution is -0.123. The van der Waals surface area contributed by atoms with Crippen molar-refractivity contribution < 1.29 is 9.59 Å². The standard InChI is InChI=1S/C15H17N3O2S/c16-15(20)10-6-17-21-11-5-9-8-3-1-2-7(8)4-12(19)18-14(9)13(10)11/h5,10,13,17H,1-4,6H2,(H2,16,20)(H,18,19). The lowest BCUT2D eigenvalue weighted by atomic mass is 9.89. The van der Waals surface area contributed by atoms with Crippen molar-refractivity contribution in [2.24, 2.45) is 17.6 Å². The first kappa shape index (κ1) is 13.2. The molecule has 2 aliphatic heterocycles. The monoisotopic (exact) mass is 303 g/mol. The molecule has 0 saturated carbocycles. The van der Waals surface area contributed by atoms with Crippen LogP contribution in [0, 0.1) is 11.8 Å². The van der Waals surface area contributed by atoms with Gasteiger partial charge in [-0.15, -0.1) is 0 Å². The van der Waals surface area contributed by atoms with E-state index in [1.54, 1.807) is 11.9 Å². The molecule has 2 amide bonds. The van der Waals surface area contributed by atoms with Crippen LogP contribution in [0.2, 0.25) is 0 Å². The number of fused-ring (bicyclic) bond motifs is 3. The topological polar surface area (TPSA) is 84.2 Å². The van der Waals surface area contributed by atoms with Crippen LogP contribution in [0.25, 0.3) is 0 Å². The molecule has 2 aliphatic carbocycles. The number of nitrogens with two attached hydrogens (primary N) is 1. The summed E-state index contributed by atoms with van der Waals surface area (Å²) in [5.74, 6) is -0.656. The van der Waals surface area contributed by atoms with E-state index in [2.05, 4.69) is 16.1 Å². The number of rotatable bonds is 1. The number of hydrogen-bond acceptors (Lipinski definition) is 4. The second-order valence-electron chi connectivity index (χ2n) is 5.97. The molecule has 0 aromatic rings. The number of amides is 2. The van der Waals surface area contributed by atoms with Gasteiger partial charge in [0.1, 0.15) is 0 Å². The van der Waals surface area contributed by atoms with Gasteiger partial charge in [0.2, 0.25) is 11.8 Å². The largest absolute Gasteiger partial charge is 0.369 e. The Morgan fingerprint density at radius 2 is 2.24 bits per heavy atom. The van der Waals surface area contributed by atoms with Crippen molar-refractivity contribution in [1.82, 2.24) is 10.0 Å². The summed E-state index contributed by atoms with van der Waals surface area (Å²) in [4.78, 5) is 25.0. The Labute approximate surface area is 127 Å². The Kier molecular flexibility index (Phi) is 2.97. The minimum absolute atomic E-state index is 0.0378. The van der Waals surface area contributed by atoms with Gasteiger partial charge in [0, 0.05) is 29.5 Å². The van der Waals surface area contributed by atoms with Gasteiger partial charge in [-0.05, 0) is 48.4 Å². The number of carbonyl (C=O) groups is 2. The molecule has 1 fully saturated rings. The van der Waals surface area contributed by atoms with Crippen LogP contribution in [0.4, 0.5) is 0 Å². The van der Waals surface area contributed by atoms with Crippen molar-refractivity contribution in [2.45, 2.75) is 25.7 Å². The summed E-state index contributed by atoms with van der Waals surface area (Å²) in [5, 5.41) is 3.05. The predicted molar refractivity (Wildman–Crippen MR) is 80.5 cm³/mol. The van der Waals surface area contributed by atoms with Gasteiger partial charge in [0.15, 0.2) is 0 Å². The molecule has 4 rings (SSSR count). The second-order valence-corrected chi connectivity index (χ2v) is 6.94.